The monoisotopic (exact) mass is 436 g/mol. The van der Waals surface area contributed by atoms with Gasteiger partial charge in [-0.25, -0.2) is 17.6 Å². The smallest absolute Gasteiger partial charge is 0.338 e. The maximum atomic E-state index is 13.7. The van der Waals surface area contributed by atoms with Crippen molar-refractivity contribution in [1.29, 1.82) is 0 Å². The van der Waals surface area contributed by atoms with Crippen LogP contribution in [0, 0.1) is 5.82 Å². The van der Waals surface area contributed by atoms with E-state index in [0.717, 1.165) is 18.9 Å². The lowest BCUT2D eigenvalue weighted by atomic mass is 10.2. The van der Waals surface area contributed by atoms with Crippen LogP contribution in [0.15, 0.2) is 47.4 Å². The van der Waals surface area contributed by atoms with E-state index in [4.69, 9.17) is 9.47 Å². The number of methoxy groups -OCH3 is 1. The molecular formula is C20H21FN2O6S. The van der Waals surface area contributed by atoms with Gasteiger partial charge in [-0.1, -0.05) is 6.07 Å². The summed E-state index contributed by atoms with van der Waals surface area (Å²) in [5.41, 5.74) is 0.187. The average Bonchev–Trinajstić information content (AvgIpc) is 3.28. The van der Waals surface area contributed by atoms with E-state index >= 15 is 0 Å². The summed E-state index contributed by atoms with van der Waals surface area (Å²) in [5, 5.41) is 2.49. The third-order valence-corrected chi connectivity index (χ3v) is 6.44. The molecule has 1 N–H and O–H groups in total. The first-order valence-electron chi connectivity index (χ1n) is 9.22. The highest BCUT2D eigenvalue weighted by Crippen LogP contribution is 2.23. The van der Waals surface area contributed by atoms with Crippen LogP contribution in [0.5, 0.6) is 5.75 Å². The van der Waals surface area contributed by atoms with Gasteiger partial charge in [0.05, 0.1) is 17.6 Å². The summed E-state index contributed by atoms with van der Waals surface area (Å²) in [7, 11) is -2.32. The Bertz CT molecular complexity index is 1050. The van der Waals surface area contributed by atoms with Gasteiger partial charge in [0.2, 0.25) is 10.0 Å². The Morgan fingerprint density at radius 2 is 1.87 bits per heavy atom. The number of hydrogen-bond donors (Lipinski definition) is 1. The summed E-state index contributed by atoms with van der Waals surface area (Å²) in [6.07, 6.45) is 1.64. The lowest BCUT2D eigenvalue weighted by molar-refractivity contribution is -0.119. The van der Waals surface area contributed by atoms with E-state index in [9.17, 15) is 22.4 Å². The first-order valence-corrected chi connectivity index (χ1v) is 10.7. The van der Waals surface area contributed by atoms with Gasteiger partial charge in [0.15, 0.2) is 18.2 Å². The second-order valence-corrected chi connectivity index (χ2v) is 8.55. The lowest BCUT2D eigenvalue weighted by Gasteiger charge is -2.16. The maximum Gasteiger partial charge on any atom is 0.338 e. The molecule has 160 valence electrons. The normalized spacial score (nSPS) is 14.3. The zero-order valence-corrected chi connectivity index (χ0v) is 17.1. The van der Waals surface area contributed by atoms with E-state index in [0.29, 0.717) is 13.1 Å². The predicted molar refractivity (Wildman–Crippen MR) is 106 cm³/mol. The Morgan fingerprint density at radius 1 is 1.13 bits per heavy atom. The Balaban J connectivity index is 1.60. The number of sulfonamides is 1. The average molecular weight is 436 g/mol. The molecule has 3 rings (SSSR count). The van der Waals surface area contributed by atoms with Gasteiger partial charge in [-0.15, -0.1) is 0 Å². The first-order chi connectivity index (χ1) is 14.3. The van der Waals surface area contributed by atoms with Gasteiger partial charge >= 0.3 is 5.97 Å². The van der Waals surface area contributed by atoms with Crippen LogP contribution in [-0.2, 0) is 19.6 Å². The molecular weight excluding hydrogens is 415 g/mol. The minimum atomic E-state index is -3.62. The molecule has 8 nitrogen and oxygen atoms in total. The molecule has 1 heterocycles. The van der Waals surface area contributed by atoms with Crippen LogP contribution in [-0.4, -0.2) is 51.4 Å². The van der Waals surface area contributed by atoms with Crippen LogP contribution in [0.3, 0.4) is 0 Å². The van der Waals surface area contributed by atoms with Gasteiger partial charge in [-0.2, -0.15) is 4.31 Å². The summed E-state index contributed by atoms with van der Waals surface area (Å²) >= 11 is 0. The molecule has 10 heteroatoms. The number of halogens is 1. The molecule has 2 aromatic carbocycles. The van der Waals surface area contributed by atoms with Gasteiger partial charge in [-0.05, 0) is 49.2 Å². The van der Waals surface area contributed by atoms with Crippen LogP contribution in [0.4, 0.5) is 10.1 Å². The molecule has 0 spiro atoms. The molecule has 0 bridgehead atoms. The fraction of sp³-hybridized carbons (Fsp3) is 0.300. The van der Waals surface area contributed by atoms with E-state index in [1.807, 2.05) is 0 Å². The fourth-order valence-electron chi connectivity index (χ4n) is 3.02. The number of carbonyl (C=O) groups is 2. The molecule has 1 saturated heterocycles. The van der Waals surface area contributed by atoms with Crippen molar-refractivity contribution in [3.05, 3.63) is 53.8 Å². The third kappa shape index (κ3) is 4.95. The van der Waals surface area contributed by atoms with Gasteiger partial charge in [0.25, 0.3) is 5.91 Å². The molecule has 1 aliphatic rings. The number of amides is 1. The number of esters is 1. The molecule has 0 aromatic heterocycles. The van der Waals surface area contributed by atoms with Gasteiger partial charge in [-0.3, -0.25) is 4.79 Å². The maximum absolute atomic E-state index is 13.7. The van der Waals surface area contributed by atoms with E-state index in [-0.39, 0.29) is 21.9 Å². The van der Waals surface area contributed by atoms with Crippen molar-refractivity contribution in [1.82, 2.24) is 4.31 Å². The van der Waals surface area contributed by atoms with E-state index in [2.05, 4.69) is 5.32 Å². The fourth-order valence-corrected chi connectivity index (χ4v) is 4.58. The standard InChI is InChI=1S/C20H21FN2O6S/c1-28-18-8-7-14(11-17(18)21)20(25)29-13-19(24)22-15-5-4-6-16(12-15)30(26,27)23-9-2-3-10-23/h4-8,11-12H,2-3,9-10,13H2,1H3,(H,22,24). The Labute approximate surface area is 173 Å². The molecule has 30 heavy (non-hydrogen) atoms. The van der Waals surface area contributed by atoms with Crippen molar-refractivity contribution in [2.24, 2.45) is 0 Å². The zero-order valence-electron chi connectivity index (χ0n) is 16.3. The summed E-state index contributed by atoms with van der Waals surface area (Å²) in [4.78, 5) is 24.2. The van der Waals surface area contributed by atoms with Crippen molar-refractivity contribution in [3.8, 4) is 5.75 Å². The highest BCUT2D eigenvalue weighted by atomic mass is 32.2. The van der Waals surface area contributed by atoms with Crippen LogP contribution >= 0.6 is 0 Å². The predicted octanol–water partition coefficient (Wildman–Crippen LogP) is 2.41. The second-order valence-electron chi connectivity index (χ2n) is 6.61. The topological polar surface area (TPSA) is 102 Å². The van der Waals surface area contributed by atoms with Crippen LogP contribution in [0.1, 0.15) is 23.2 Å². The number of hydrogen-bond acceptors (Lipinski definition) is 6. The van der Waals surface area contributed by atoms with Crippen molar-refractivity contribution < 1.29 is 31.9 Å². The minimum absolute atomic E-state index is 0.0203. The molecule has 1 aliphatic heterocycles. The van der Waals surface area contributed by atoms with Crippen molar-refractivity contribution in [2.75, 3.05) is 32.1 Å². The molecule has 2 aromatic rings. The molecule has 0 atom stereocenters. The third-order valence-electron chi connectivity index (χ3n) is 4.54. The largest absolute Gasteiger partial charge is 0.494 e. The van der Waals surface area contributed by atoms with Crippen molar-refractivity contribution >= 4 is 27.6 Å². The molecule has 0 unspecified atom stereocenters. The zero-order chi connectivity index (χ0) is 21.7. The quantitative estimate of drug-likeness (QED) is 0.669. The van der Waals surface area contributed by atoms with Crippen molar-refractivity contribution in [2.45, 2.75) is 17.7 Å². The van der Waals surface area contributed by atoms with E-state index in [1.165, 1.54) is 47.8 Å². The highest BCUT2D eigenvalue weighted by molar-refractivity contribution is 7.89. The number of ether oxygens (including phenoxy) is 2. The summed E-state index contributed by atoms with van der Waals surface area (Å²) in [6, 6.07) is 9.40. The Hall–Kier alpha value is -2.98. The minimum Gasteiger partial charge on any atom is -0.494 e. The van der Waals surface area contributed by atoms with Gasteiger partial charge < -0.3 is 14.8 Å². The number of nitrogens with zero attached hydrogens (tertiary/aromatic N) is 1. The van der Waals surface area contributed by atoms with Crippen LogP contribution < -0.4 is 10.1 Å². The summed E-state index contributed by atoms with van der Waals surface area (Å²) in [6.45, 7) is 0.331. The molecule has 1 fully saturated rings. The number of nitrogens with one attached hydrogen (secondary N) is 1. The lowest BCUT2D eigenvalue weighted by Crippen LogP contribution is -2.28. The van der Waals surface area contributed by atoms with Crippen LogP contribution in [0.2, 0.25) is 0 Å². The molecule has 0 aliphatic carbocycles. The number of benzene rings is 2. The van der Waals surface area contributed by atoms with Gasteiger partial charge in [0.1, 0.15) is 0 Å². The Morgan fingerprint density at radius 3 is 2.53 bits per heavy atom. The number of rotatable bonds is 7. The first kappa shape index (κ1) is 21.7. The molecule has 1 amide bonds. The second kappa shape index (κ2) is 9.23. The molecule has 0 radical (unpaired) electrons. The summed E-state index contributed by atoms with van der Waals surface area (Å²) in [5.74, 6) is -2.29. The van der Waals surface area contributed by atoms with Crippen molar-refractivity contribution in [3.63, 3.8) is 0 Å². The summed E-state index contributed by atoms with van der Waals surface area (Å²) < 4.78 is 50.0. The van der Waals surface area contributed by atoms with Crippen LogP contribution in [0.25, 0.3) is 0 Å². The van der Waals surface area contributed by atoms with E-state index < -0.39 is 34.3 Å². The van der Waals surface area contributed by atoms with E-state index in [1.54, 1.807) is 0 Å². The highest BCUT2D eigenvalue weighted by Gasteiger charge is 2.27. The Kier molecular flexibility index (Phi) is 6.68. The number of carbonyl (C=O) groups excluding carboxylic acids is 2. The molecule has 0 saturated carbocycles. The van der Waals surface area contributed by atoms with Gasteiger partial charge in [0, 0.05) is 18.8 Å². The number of anilines is 1. The SMILES string of the molecule is COc1ccc(C(=O)OCC(=O)Nc2cccc(S(=O)(=O)N3CCCC3)c2)cc1F.